The van der Waals surface area contributed by atoms with Gasteiger partial charge in [-0.25, -0.2) is 9.18 Å². The molecule has 0 saturated carbocycles. The number of alkyl halides is 1. The van der Waals surface area contributed by atoms with E-state index in [4.69, 9.17) is 4.74 Å². The fraction of sp³-hybridized carbons (Fsp3) is 0.526. The van der Waals surface area contributed by atoms with Crippen LogP contribution in [0.3, 0.4) is 0 Å². The van der Waals surface area contributed by atoms with Gasteiger partial charge in [-0.2, -0.15) is 12.3 Å². The standard InChI is InChI=1S/C19H25BrFNO2.Y/c1-13(14-6-8-15(20)9-7-14)5-10-17-11-16(21)12-22(17)18(23)24-19(2,3)4;/h6-10,13,16-17H,1,5,11-12H2,2-4H3;/q-2;/t13?,16-,17+;/m0./s1. The fourth-order valence-electron chi connectivity index (χ4n) is 2.76. The van der Waals surface area contributed by atoms with E-state index in [0.717, 1.165) is 10.0 Å². The topological polar surface area (TPSA) is 29.5 Å². The van der Waals surface area contributed by atoms with Crippen molar-refractivity contribution in [3.05, 3.63) is 47.6 Å². The summed E-state index contributed by atoms with van der Waals surface area (Å²) < 4.78 is 20.2. The number of amides is 1. The number of rotatable bonds is 4. The van der Waals surface area contributed by atoms with E-state index in [1.807, 2.05) is 51.5 Å². The Morgan fingerprint density at radius 1 is 1.44 bits per heavy atom. The first-order chi connectivity index (χ1) is 11.2. The molecule has 137 valence electrons. The van der Waals surface area contributed by atoms with Gasteiger partial charge >= 0.3 is 6.09 Å². The van der Waals surface area contributed by atoms with Gasteiger partial charge in [-0.1, -0.05) is 39.7 Å². The van der Waals surface area contributed by atoms with Crippen molar-refractivity contribution in [1.82, 2.24) is 4.90 Å². The molecular formula is C19H25BrFNO2Y-2. The summed E-state index contributed by atoms with van der Waals surface area (Å²) >= 11 is 3.41. The number of nitrogens with zero attached hydrogens (tertiary/aromatic N) is 1. The first-order valence-electron chi connectivity index (χ1n) is 8.21. The van der Waals surface area contributed by atoms with Crippen LogP contribution in [0, 0.1) is 13.3 Å². The summed E-state index contributed by atoms with van der Waals surface area (Å²) in [6.07, 6.45) is 1.54. The smallest absolute Gasteiger partial charge is 0.408 e. The molecule has 0 aliphatic carbocycles. The molecule has 25 heavy (non-hydrogen) atoms. The van der Waals surface area contributed by atoms with E-state index in [1.54, 1.807) is 0 Å². The van der Waals surface area contributed by atoms with Crippen LogP contribution in [0.4, 0.5) is 9.18 Å². The number of carbonyl (C=O) groups is 1. The molecule has 1 heterocycles. The molecule has 0 spiro atoms. The van der Waals surface area contributed by atoms with Crippen LogP contribution in [0.25, 0.3) is 0 Å². The minimum atomic E-state index is -1.00. The minimum Gasteiger partial charge on any atom is -0.444 e. The van der Waals surface area contributed by atoms with Crippen LogP contribution in [-0.4, -0.2) is 35.4 Å². The van der Waals surface area contributed by atoms with Gasteiger partial charge in [0.05, 0.1) is 6.54 Å². The van der Waals surface area contributed by atoms with Gasteiger partial charge in [-0.3, -0.25) is 0 Å². The molecule has 3 atom stereocenters. The molecule has 1 unspecified atom stereocenters. The number of hydrogen-bond acceptors (Lipinski definition) is 2. The van der Waals surface area contributed by atoms with Gasteiger partial charge in [0.25, 0.3) is 0 Å². The zero-order valence-corrected chi connectivity index (χ0v) is 19.5. The SMILES string of the molecule is [CH2-]C(C[CH-][C@@H]1C[C@H](F)CN1C(=O)OC(C)(C)C)c1ccc(Br)cc1.[Y]. The average molecular weight is 487 g/mol. The number of benzene rings is 1. The molecule has 6 heteroatoms. The third-order valence-corrected chi connectivity index (χ3v) is 4.48. The predicted octanol–water partition coefficient (Wildman–Crippen LogP) is 5.31. The van der Waals surface area contributed by atoms with Crippen molar-refractivity contribution in [2.24, 2.45) is 0 Å². The maximum atomic E-state index is 13.8. The molecule has 1 aliphatic heterocycles. The van der Waals surface area contributed by atoms with Gasteiger partial charge in [0, 0.05) is 37.2 Å². The summed E-state index contributed by atoms with van der Waals surface area (Å²) in [5, 5.41) is 0. The molecule has 1 fully saturated rings. The predicted molar refractivity (Wildman–Crippen MR) is 97.4 cm³/mol. The Balaban J connectivity index is 0.00000312. The summed E-state index contributed by atoms with van der Waals surface area (Å²) in [4.78, 5) is 13.8. The summed E-state index contributed by atoms with van der Waals surface area (Å²) in [5.74, 6) is 0.0669. The summed E-state index contributed by atoms with van der Waals surface area (Å²) in [6, 6.07) is 7.76. The van der Waals surface area contributed by atoms with Crippen LogP contribution in [0.5, 0.6) is 0 Å². The van der Waals surface area contributed by atoms with Crippen molar-refractivity contribution in [2.75, 3.05) is 6.54 Å². The summed E-state index contributed by atoms with van der Waals surface area (Å²) in [6.45, 7) is 9.70. The number of likely N-dealkylation sites (tertiary alicyclic amines) is 1. The van der Waals surface area contributed by atoms with Crippen molar-refractivity contribution in [3.63, 3.8) is 0 Å². The Bertz CT molecular complexity index is 562. The van der Waals surface area contributed by atoms with E-state index >= 15 is 0 Å². The molecule has 1 amide bonds. The molecule has 1 saturated heterocycles. The van der Waals surface area contributed by atoms with Crippen LogP contribution in [0.15, 0.2) is 28.7 Å². The van der Waals surface area contributed by atoms with Crippen molar-refractivity contribution in [1.29, 1.82) is 0 Å². The second-order valence-corrected chi connectivity index (χ2v) is 8.17. The van der Waals surface area contributed by atoms with E-state index in [1.165, 1.54) is 4.90 Å². The van der Waals surface area contributed by atoms with Gasteiger partial charge in [-0.15, -0.1) is 0 Å². The Morgan fingerprint density at radius 2 is 2.04 bits per heavy atom. The Kier molecular flexibility index (Phi) is 9.03. The van der Waals surface area contributed by atoms with Crippen LogP contribution in [-0.2, 0) is 37.4 Å². The summed E-state index contributed by atoms with van der Waals surface area (Å²) in [5.41, 5.74) is 0.538. The van der Waals surface area contributed by atoms with Crippen molar-refractivity contribution >= 4 is 22.0 Å². The Morgan fingerprint density at radius 3 is 2.60 bits per heavy atom. The Hall–Kier alpha value is 0.00390. The monoisotopic (exact) mass is 486 g/mol. The normalized spacial score (nSPS) is 21.6. The zero-order valence-electron chi connectivity index (χ0n) is 15.0. The molecule has 2 rings (SSSR count). The largest absolute Gasteiger partial charge is 0.444 e. The van der Waals surface area contributed by atoms with Gasteiger partial charge in [0.1, 0.15) is 11.8 Å². The van der Waals surface area contributed by atoms with Gasteiger partial charge in [0.15, 0.2) is 0 Å². The quantitative estimate of drug-likeness (QED) is 0.540. The van der Waals surface area contributed by atoms with E-state index < -0.39 is 17.9 Å². The van der Waals surface area contributed by atoms with Gasteiger partial charge < -0.3 is 23.0 Å². The molecule has 3 nitrogen and oxygen atoms in total. The molecule has 0 aromatic heterocycles. The van der Waals surface area contributed by atoms with Crippen LogP contribution in [0.2, 0.25) is 0 Å². The van der Waals surface area contributed by atoms with Crippen LogP contribution < -0.4 is 0 Å². The second-order valence-electron chi connectivity index (χ2n) is 7.25. The first-order valence-corrected chi connectivity index (χ1v) is 9.00. The van der Waals surface area contributed by atoms with Crippen molar-refractivity contribution < 1.29 is 46.6 Å². The first kappa shape index (κ1) is 23.0. The molecule has 1 aliphatic rings. The molecule has 1 aromatic carbocycles. The molecular weight excluding hydrogens is 462 g/mol. The minimum absolute atomic E-state index is 0. The zero-order chi connectivity index (χ0) is 17.9. The van der Waals surface area contributed by atoms with E-state index in [2.05, 4.69) is 22.9 Å². The molecule has 1 radical (unpaired) electrons. The number of halogens is 2. The average Bonchev–Trinajstić information content (AvgIpc) is 2.85. The van der Waals surface area contributed by atoms with Crippen LogP contribution >= 0.6 is 15.9 Å². The number of carbonyl (C=O) groups excluding carboxylic acids is 1. The molecule has 0 N–H and O–H groups in total. The van der Waals surface area contributed by atoms with E-state index in [-0.39, 0.29) is 51.2 Å². The molecule has 0 bridgehead atoms. The second kappa shape index (κ2) is 9.80. The summed E-state index contributed by atoms with van der Waals surface area (Å²) in [7, 11) is 0. The van der Waals surface area contributed by atoms with Crippen molar-refractivity contribution in [2.45, 2.75) is 57.3 Å². The Labute approximate surface area is 184 Å². The maximum absolute atomic E-state index is 13.8. The van der Waals surface area contributed by atoms with E-state index in [9.17, 15) is 9.18 Å². The third-order valence-electron chi connectivity index (χ3n) is 3.95. The van der Waals surface area contributed by atoms with Gasteiger partial charge in [-0.05, 0) is 39.3 Å². The maximum Gasteiger partial charge on any atom is 0.408 e. The van der Waals surface area contributed by atoms with Crippen LogP contribution in [0.1, 0.15) is 45.1 Å². The third kappa shape index (κ3) is 7.26. The van der Waals surface area contributed by atoms with Crippen molar-refractivity contribution in [3.8, 4) is 0 Å². The number of ether oxygens (including phenoxy) is 1. The molecule has 1 aromatic rings. The van der Waals surface area contributed by atoms with E-state index in [0.29, 0.717) is 12.8 Å². The van der Waals surface area contributed by atoms with Gasteiger partial charge in [0.2, 0.25) is 0 Å². The fourth-order valence-corrected chi connectivity index (χ4v) is 3.02. The number of hydrogen-bond donors (Lipinski definition) is 0.